The van der Waals surface area contributed by atoms with Crippen molar-refractivity contribution in [2.75, 3.05) is 33.4 Å². The lowest BCUT2D eigenvalue weighted by molar-refractivity contribution is -0.0299. The fourth-order valence-corrected chi connectivity index (χ4v) is 4.10. The number of ether oxygens (including phenoxy) is 1. The highest BCUT2D eigenvalue weighted by Crippen LogP contribution is 2.34. The zero-order valence-electron chi connectivity index (χ0n) is 13.5. The Hall–Kier alpha value is -0.160. The Morgan fingerprint density at radius 1 is 1.14 bits per heavy atom. The Balaban J connectivity index is 1.58. The topological polar surface area (TPSA) is 44.7 Å². The second kappa shape index (κ2) is 6.95. The van der Waals surface area contributed by atoms with E-state index in [-0.39, 0.29) is 6.10 Å². The number of rotatable bonds is 6. The quantitative estimate of drug-likeness (QED) is 0.784. The smallest absolute Gasteiger partial charge is 0.0695 e. The van der Waals surface area contributed by atoms with Gasteiger partial charge in [0.15, 0.2) is 0 Å². The molecule has 2 saturated carbocycles. The highest BCUT2D eigenvalue weighted by Gasteiger charge is 2.38. The van der Waals surface area contributed by atoms with Crippen molar-refractivity contribution in [3.63, 3.8) is 0 Å². The van der Waals surface area contributed by atoms with Gasteiger partial charge in [0.1, 0.15) is 0 Å². The summed E-state index contributed by atoms with van der Waals surface area (Å²) in [5, 5.41) is 14.0. The first-order valence-corrected chi connectivity index (χ1v) is 8.88. The summed E-state index contributed by atoms with van der Waals surface area (Å²) < 4.78 is 5.60. The van der Waals surface area contributed by atoms with Crippen molar-refractivity contribution < 1.29 is 9.84 Å². The van der Waals surface area contributed by atoms with Crippen LogP contribution in [0.1, 0.15) is 51.4 Å². The molecule has 2 unspecified atom stereocenters. The normalized spacial score (nSPS) is 33.3. The number of aliphatic hydroxyl groups excluding tert-OH is 1. The van der Waals surface area contributed by atoms with Crippen LogP contribution in [0.4, 0.5) is 0 Å². The van der Waals surface area contributed by atoms with Gasteiger partial charge < -0.3 is 20.1 Å². The van der Waals surface area contributed by atoms with Crippen LogP contribution in [0.3, 0.4) is 0 Å². The van der Waals surface area contributed by atoms with Gasteiger partial charge in [0, 0.05) is 38.4 Å². The van der Waals surface area contributed by atoms with Crippen molar-refractivity contribution in [3.05, 3.63) is 0 Å². The second-order valence-corrected chi connectivity index (χ2v) is 7.60. The summed E-state index contributed by atoms with van der Waals surface area (Å²) in [6, 6.07) is 1.13. The van der Waals surface area contributed by atoms with Gasteiger partial charge in [0.25, 0.3) is 0 Å². The van der Waals surface area contributed by atoms with E-state index in [2.05, 4.69) is 17.3 Å². The average Bonchev–Trinajstić information content (AvgIpc) is 3.31. The second-order valence-electron chi connectivity index (χ2n) is 7.60. The molecule has 0 aromatic rings. The molecule has 0 aromatic heterocycles. The molecule has 2 atom stereocenters. The van der Waals surface area contributed by atoms with E-state index in [9.17, 15) is 5.11 Å². The van der Waals surface area contributed by atoms with E-state index in [1.54, 1.807) is 0 Å². The average molecular weight is 296 g/mol. The van der Waals surface area contributed by atoms with E-state index >= 15 is 0 Å². The molecule has 0 aromatic carbocycles. The van der Waals surface area contributed by atoms with E-state index in [1.807, 2.05) is 0 Å². The minimum Gasteiger partial charge on any atom is -0.391 e. The minimum absolute atomic E-state index is 0.128. The molecule has 0 amide bonds. The predicted molar refractivity (Wildman–Crippen MR) is 84.4 cm³/mol. The number of nitrogens with zero attached hydrogens (tertiary/aromatic N) is 1. The molecule has 122 valence electrons. The fourth-order valence-electron chi connectivity index (χ4n) is 4.10. The van der Waals surface area contributed by atoms with E-state index < -0.39 is 0 Å². The van der Waals surface area contributed by atoms with Crippen LogP contribution in [0.15, 0.2) is 0 Å². The summed E-state index contributed by atoms with van der Waals surface area (Å²) in [5.41, 5.74) is 0.340. The van der Waals surface area contributed by atoms with Crippen LogP contribution >= 0.6 is 0 Å². The highest BCUT2D eigenvalue weighted by molar-refractivity contribution is 4.93. The first-order valence-electron chi connectivity index (χ1n) is 8.88. The van der Waals surface area contributed by atoms with Gasteiger partial charge in [-0.25, -0.2) is 0 Å². The fraction of sp³-hybridized carbons (Fsp3) is 1.00. The van der Waals surface area contributed by atoms with E-state index in [4.69, 9.17) is 4.74 Å². The number of aliphatic hydroxyl groups is 1. The van der Waals surface area contributed by atoms with Gasteiger partial charge in [-0.05, 0) is 51.0 Å². The van der Waals surface area contributed by atoms with Gasteiger partial charge in [0.2, 0.25) is 0 Å². The Morgan fingerprint density at radius 2 is 1.86 bits per heavy atom. The summed E-state index contributed by atoms with van der Waals surface area (Å²) in [7, 11) is 2.22. The molecule has 3 fully saturated rings. The number of likely N-dealkylation sites (N-methyl/N-ethyl adjacent to an activating group) is 1. The van der Waals surface area contributed by atoms with Crippen molar-refractivity contribution in [2.45, 2.75) is 69.6 Å². The molecule has 2 N–H and O–H groups in total. The molecule has 21 heavy (non-hydrogen) atoms. The molecule has 1 heterocycles. The lowest BCUT2D eigenvalue weighted by Gasteiger charge is -2.44. The first-order chi connectivity index (χ1) is 10.2. The Bertz CT molecular complexity index is 327. The Kier molecular flexibility index (Phi) is 5.20. The van der Waals surface area contributed by atoms with Gasteiger partial charge in [0.05, 0.1) is 6.10 Å². The van der Waals surface area contributed by atoms with Gasteiger partial charge in [-0.1, -0.05) is 12.8 Å². The third-order valence-corrected chi connectivity index (χ3v) is 5.74. The van der Waals surface area contributed by atoms with Gasteiger partial charge >= 0.3 is 0 Å². The third kappa shape index (κ3) is 4.19. The molecule has 3 rings (SSSR count). The molecule has 3 aliphatic rings. The summed E-state index contributed by atoms with van der Waals surface area (Å²) in [5.74, 6) is 0. The molecule has 4 heteroatoms. The van der Waals surface area contributed by atoms with Crippen LogP contribution in [-0.4, -0.2) is 61.5 Å². The van der Waals surface area contributed by atoms with Gasteiger partial charge in [-0.3, -0.25) is 0 Å². The summed E-state index contributed by atoms with van der Waals surface area (Å²) in [6.45, 7) is 4.01. The zero-order valence-corrected chi connectivity index (χ0v) is 13.5. The summed E-state index contributed by atoms with van der Waals surface area (Å²) >= 11 is 0. The maximum atomic E-state index is 10.3. The van der Waals surface area contributed by atoms with Gasteiger partial charge in [-0.2, -0.15) is 0 Å². The zero-order chi connectivity index (χ0) is 14.7. The standard InChI is InChI=1S/C17H32N2O2/c1-19(15-4-2-3-5-16(15)20)13-17(8-10-21-11-9-17)12-18-14-6-7-14/h14-16,18,20H,2-13H2,1H3. The Morgan fingerprint density at radius 3 is 2.52 bits per heavy atom. The van der Waals surface area contributed by atoms with E-state index in [0.29, 0.717) is 11.5 Å². The highest BCUT2D eigenvalue weighted by atomic mass is 16.5. The van der Waals surface area contributed by atoms with Crippen molar-refractivity contribution in [3.8, 4) is 0 Å². The first kappa shape index (κ1) is 15.7. The molecular formula is C17H32N2O2. The van der Waals surface area contributed by atoms with Crippen molar-refractivity contribution >= 4 is 0 Å². The summed E-state index contributed by atoms with van der Waals surface area (Å²) in [4.78, 5) is 2.45. The summed E-state index contributed by atoms with van der Waals surface area (Å²) in [6.07, 6.45) is 9.46. The van der Waals surface area contributed by atoms with Crippen LogP contribution in [0.2, 0.25) is 0 Å². The monoisotopic (exact) mass is 296 g/mol. The van der Waals surface area contributed by atoms with E-state index in [1.165, 1.54) is 25.7 Å². The third-order valence-electron chi connectivity index (χ3n) is 5.74. The van der Waals surface area contributed by atoms with Crippen molar-refractivity contribution in [2.24, 2.45) is 5.41 Å². The predicted octanol–water partition coefficient (Wildman–Crippen LogP) is 1.77. The molecule has 1 aliphatic heterocycles. The van der Waals surface area contributed by atoms with E-state index in [0.717, 1.165) is 58.0 Å². The van der Waals surface area contributed by atoms with Crippen LogP contribution in [0.25, 0.3) is 0 Å². The van der Waals surface area contributed by atoms with Crippen LogP contribution in [-0.2, 0) is 4.74 Å². The largest absolute Gasteiger partial charge is 0.391 e. The minimum atomic E-state index is -0.128. The number of hydrogen-bond donors (Lipinski definition) is 2. The van der Waals surface area contributed by atoms with Crippen LogP contribution < -0.4 is 5.32 Å². The van der Waals surface area contributed by atoms with Crippen LogP contribution in [0, 0.1) is 5.41 Å². The molecule has 0 spiro atoms. The molecular weight excluding hydrogens is 264 g/mol. The van der Waals surface area contributed by atoms with Crippen molar-refractivity contribution in [1.29, 1.82) is 0 Å². The number of nitrogens with one attached hydrogen (secondary N) is 1. The van der Waals surface area contributed by atoms with Gasteiger partial charge in [-0.15, -0.1) is 0 Å². The lowest BCUT2D eigenvalue weighted by Crippen LogP contribution is -2.52. The van der Waals surface area contributed by atoms with Crippen LogP contribution in [0.5, 0.6) is 0 Å². The SMILES string of the molecule is CN(CC1(CNC2CC2)CCOCC1)C1CCCCC1O. The Labute approximate surface area is 129 Å². The molecule has 4 nitrogen and oxygen atoms in total. The van der Waals surface area contributed by atoms with Crippen molar-refractivity contribution in [1.82, 2.24) is 10.2 Å². The molecule has 2 aliphatic carbocycles. The number of hydrogen-bond acceptors (Lipinski definition) is 4. The maximum Gasteiger partial charge on any atom is 0.0695 e. The molecule has 1 saturated heterocycles. The molecule has 0 radical (unpaired) electrons. The molecule has 0 bridgehead atoms. The lowest BCUT2D eigenvalue weighted by atomic mass is 9.78. The maximum absolute atomic E-state index is 10.3.